The van der Waals surface area contributed by atoms with Gasteiger partial charge in [0.25, 0.3) is 5.91 Å². The molecule has 0 fully saturated rings. The fourth-order valence-corrected chi connectivity index (χ4v) is 3.31. The lowest BCUT2D eigenvalue weighted by Crippen LogP contribution is -2.35. The minimum absolute atomic E-state index is 0.197. The minimum Gasteiger partial charge on any atom is -0.470 e. The summed E-state index contributed by atoms with van der Waals surface area (Å²) in [6.45, 7) is 4.35. The van der Waals surface area contributed by atoms with E-state index in [1.54, 1.807) is 12.3 Å². The summed E-state index contributed by atoms with van der Waals surface area (Å²) in [6.07, 6.45) is 5.33. The van der Waals surface area contributed by atoms with Gasteiger partial charge in [-0.3, -0.25) is 9.78 Å². The first-order valence-corrected chi connectivity index (χ1v) is 10.1. The van der Waals surface area contributed by atoms with Gasteiger partial charge in [0.1, 0.15) is 10.9 Å². The SMILES string of the molecule is CSC(Oc1cc(C)c2ncc(C)cc2c1)C(=O)NCc1ccc(Cl)nc1. The van der Waals surface area contributed by atoms with E-state index in [0.29, 0.717) is 17.4 Å². The van der Waals surface area contributed by atoms with Crippen LogP contribution in [0, 0.1) is 13.8 Å². The number of benzene rings is 1. The zero-order valence-corrected chi connectivity index (χ0v) is 16.9. The summed E-state index contributed by atoms with van der Waals surface area (Å²) in [5, 5.41) is 4.29. The number of thioether (sulfide) groups is 1. The van der Waals surface area contributed by atoms with Crippen molar-refractivity contribution in [2.75, 3.05) is 6.26 Å². The molecule has 3 aromatic rings. The van der Waals surface area contributed by atoms with Gasteiger partial charge < -0.3 is 10.1 Å². The Balaban J connectivity index is 1.71. The maximum absolute atomic E-state index is 12.5. The second-order valence-electron chi connectivity index (χ2n) is 6.22. The fraction of sp³-hybridized carbons (Fsp3) is 0.250. The van der Waals surface area contributed by atoms with Crippen molar-refractivity contribution in [3.8, 4) is 5.75 Å². The summed E-state index contributed by atoms with van der Waals surface area (Å²) in [5.74, 6) is 0.452. The molecule has 27 heavy (non-hydrogen) atoms. The molecule has 1 amide bonds. The number of hydrogen-bond donors (Lipinski definition) is 1. The van der Waals surface area contributed by atoms with Gasteiger partial charge >= 0.3 is 0 Å². The summed E-state index contributed by atoms with van der Waals surface area (Å²) in [4.78, 5) is 21.0. The van der Waals surface area contributed by atoms with Crippen molar-refractivity contribution in [1.29, 1.82) is 0 Å². The zero-order chi connectivity index (χ0) is 19.4. The molecular formula is C20H20ClN3O2S. The van der Waals surface area contributed by atoms with Crippen molar-refractivity contribution in [2.45, 2.75) is 25.8 Å². The third-order valence-electron chi connectivity index (χ3n) is 4.01. The smallest absolute Gasteiger partial charge is 0.272 e. The number of aromatic nitrogens is 2. The summed E-state index contributed by atoms with van der Waals surface area (Å²) in [6, 6.07) is 9.40. The Morgan fingerprint density at radius 1 is 1.22 bits per heavy atom. The van der Waals surface area contributed by atoms with Crippen LogP contribution in [0.5, 0.6) is 5.75 Å². The highest BCUT2D eigenvalue weighted by Crippen LogP contribution is 2.26. The van der Waals surface area contributed by atoms with Gasteiger partial charge in [-0.2, -0.15) is 0 Å². The molecule has 1 N–H and O–H groups in total. The van der Waals surface area contributed by atoms with Crippen LogP contribution in [0.3, 0.4) is 0 Å². The van der Waals surface area contributed by atoms with Gasteiger partial charge in [-0.05, 0) is 61.1 Å². The fourth-order valence-electron chi connectivity index (χ4n) is 2.69. The van der Waals surface area contributed by atoms with Gasteiger partial charge in [0, 0.05) is 24.3 Å². The molecule has 0 spiro atoms. The third-order valence-corrected chi connectivity index (χ3v) is 4.97. The van der Waals surface area contributed by atoms with Crippen LogP contribution in [0.4, 0.5) is 0 Å². The Bertz CT molecular complexity index is 963. The molecule has 0 saturated carbocycles. The van der Waals surface area contributed by atoms with Gasteiger partial charge in [0.2, 0.25) is 5.44 Å². The number of nitrogens with one attached hydrogen (secondary N) is 1. The molecule has 5 nitrogen and oxygen atoms in total. The minimum atomic E-state index is -0.653. The standard InChI is InChI=1S/C20H20ClN3O2S/c1-12-6-15-8-16(7-13(2)18(15)23-9-12)26-20(27-3)19(25)24-11-14-4-5-17(21)22-10-14/h4-10,20H,11H2,1-3H3,(H,24,25). The van der Waals surface area contributed by atoms with Gasteiger partial charge in [-0.1, -0.05) is 17.7 Å². The van der Waals surface area contributed by atoms with E-state index in [0.717, 1.165) is 27.6 Å². The molecule has 7 heteroatoms. The van der Waals surface area contributed by atoms with Crippen LogP contribution in [0.2, 0.25) is 5.15 Å². The molecule has 2 aromatic heterocycles. The van der Waals surface area contributed by atoms with Crippen LogP contribution in [-0.4, -0.2) is 27.6 Å². The molecular weight excluding hydrogens is 382 g/mol. The van der Waals surface area contributed by atoms with Gasteiger partial charge in [-0.25, -0.2) is 4.98 Å². The van der Waals surface area contributed by atoms with Gasteiger partial charge in [0.15, 0.2) is 0 Å². The highest BCUT2D eigenvalue weighted by molar-refractivity contribution is 7.99. The van der Waals surface area contributed by atoms with Crippen molar-refractivity contribution < 1.29 is 9.53 Å². The normalized spacial score (nSPS) is 12.0. The van der Waals surface area contributed by atoms with Crippen LogP contribution < -0.4 is 10.1 Å². The summed E-state index contributed by atoms with van der Waals surface area (Å²) >= 11 is 7.11. The van der Waals surface area contributed by atoms with Crippen LogP contribution in [0.1, 0.15) is 16.7 Å². The monoisotopic (exact) mass is 401 g/mol. The second kappa shape index (κ2) is 8.59. The first kappa shape index (κ1) is 19.5. The number of pyridine rings is 2. The molecule has 2 heterocycles. The summed E-state index contributed by atoms with van der Waals surface area (Å²) < 4.78 is 5.95. The van der Waals surface area contributed by atoms with E-state index in [4.69, 9.17) is 16.3 Å². The Morgan fingerprint density at radius 2 is 2.04 bits per heavy atom. The first-order chi connectivity index (χ1) is 13.0. The van der Waals surface area contributed by atoms with Gasteiger partial charge in [-0.15, -0.1) is 11.8 Å². The Labute approximate surface area is 167 Å². The number of rotatable bonds is 6. The lowest BCUT2D eigenvalue weighted by molar-refractivity contribution is -0.124. The van der Waals surface area contributed by atoms with Crippen molar-refractivity contribution in [3.05, 3.63) is 64.6 Å². The largest absolute Gasteiger partial charge is 0.470 e. The van der Waals surface area contributed by atoms with Crippen LogP contribution in [0.25, 0.3) is 10.9 Å². The van der Waals surface area contributed by atoms with E-state index in [-0.39, 0.29) is 5.91 Å². The van der Waals surface area contributed by atoms with Crippen LogP contribution in [-0.2, 0) is 11.3 Å². The van der Waals surface area contributed by atoms with Crippen molar-refractivity contribution in [1.82, 2.24) is 15.3 Å². The number of ether oxygens (including phenoxy) is 1. The molecule has 0 aliphatic heterocycles. The van der Waals surface area contributed by atoms with Crippen LogP contribution in [0.15, 0.2) is 42.7 Å². The van der Waals surface area contributed by atoms with Crippen molar-refractivity contribution in [2.24, 2.45) is 0 Å². The van der Waals surface area contributed by atoms with Gasteiger partial charge in [0.05, 0.1) is 5.52 Å². The molecule has 0 radical (unpaired) electrons. The highest BCUT2D eigenvalue weighted by Gasteiger charge is 2.19. The number of fused-ring (bicyclic) bond motifs is 1. The number of halogens is 1. The zero-order valence-electron chi connectivity index (χ0n) is 15.3. The first-order valence-electron chi connectivity index (χ1n) is 8.41. The lowest BCUT2D eigenvalue weighted by Gasteiger charge is -2.17. The molecule has 0 aliphatic carbocycles. The Morgan fingerprint density at radius 3 is 2.74 bits per heavy atom. The summed E-state index contributed by atoms with van der Waals surface area (Å²) in [5.41, 5.74) is 3.24. The molecule has 140 valence electrons. The maximum atomic E-state index is 12.5. The Hall–Kier alpha value is -2.31. The molecule has 0 bridgehead atoms. The number of aryl methyl sites for hydroxylation is 2. The van der Waals surface area contributed by atoms with Crippen molar-refractivity contribution >= 4 is 40.2 Å². The van der Waals surface area contributed by atoms with E-state index in [2.05, 4.69) is 21.4 Å². The molecule has 1 aromatic carbocycles. The van der Waals surface area contributed by atoms with E-state index in [1.807, 2.05) is 44.5 Å². The molecule has 1 atom stereocenters. The third kappa shape index (κ3) is 4.90. The molecule has 1 unspecified atom stereocenters. The lowest BCUT2D eigenvalue weighted by atomic mass is 10.1. The molecule has 0 saturated heterocycles. The summed E-state index contributed by atoms with van der Waals surface area (Å²) in [7, 11) is 0. The number of carbonyl (C=O) groups excluding carboxylic acids is 1. The predicted octanol–water partition coefficient (Wildman–Crippen LogP) is 4.28. The number of amides is 1. The second-order valence-corrected chi connectivity index (χ2v) is 7.50. The molecule has 0 aliphatic rings. The predicted molar refractivity (Wildman–Crippen MR) is 110 cm³/mol. The number of hydrogen-bond acceptors (Lipinski definition) is 5. The van der Waals surface area contributed by atoms with Crippen LogP contribution >= 0.6 is 23.4 Å². The van der Waals surface area contributed by atoms with Crippen molar-refractivity contribution in [3.63, 3.8) is 0 Å². The highest BCUT2D eigenvalue weighted by atomic mass is 35.5. The topological polar surface area (TPSA) is 64.1 Å². The van der Waals surface area contributed by atoms with E-state index < -0.39 is 5.44 Å². The Kier molecular flexibility index (Phi) is 6.19. The number of carbonyl (C=O) groups is 1. The quantitative estimate of drug-likeness (QED) is 0.493. The number of nitrogens with zero attached hydrogens (tertiary/aromatic N) is 2. The van der Waals surface area contributed by atoms with E-state index in [9.17, 15) is 4.79 Å². The van der Waals surface area contributed by atoms with E-state index >= 15 is 0 Å². The maximum Gasteiger partial charge on any atom is 0.272 e. The molecule has 3 rings (SSSR count). The average Bonchev–Trinajstić information content (AvgIpc) is 2.65. The average molecular weight is 402 g/mol. The van der Waals surface area contributed by atoms with E-state index in [1.165, 1.54) is 11.8 Å².